The van der Waals surface area contributed by atoms with Gasteiger partial charge in [0.15, 0.2) is 0 Å². The smallest absolute Gasteiger partial charge is 0.349 e. The van der Waals surface area contributed by atoms with E-state index >= 15 is 0 Å². The Labute approximate surface area is 220 Å². The average molecular weight is 508 g/mol. The third kappa shape index (κ3) is 5.67. The van der Waals surface area contributed by atoms with Gasteiger partial charge in [0, 0.05) is 29.3 Å². The Morgan fingerprint density at radius 2 is 1.74 bits per heavy atom. The number of benzene rings is 3. The van der Waals surface area contributed by atoms with E-state index in [0.29, 0.717) is 23.5 Å². The van der Waals surface area contributed by atoms with Gasteiger partial charge in [-0.05, 0) is 60.9 Å². The van der Waals surface area contributed by atoms with E-state index in [2.05, 4.69) is 19.2 Å². The van der Waals surface area contributed by atoms with Crippen LogP contribution in [0, 0.1) is 5.92 Å². The van der Waals surface area contributed by atoms with Crippen molar-refractivity contribution in [3.8, 4) is 22.7 Å². The highest BCUT2D eigenvalue weighted by molar-refractivity contribution is 5.96. The molecule has 0 spiro atoms. The van der Waals surface area contributed by atoms with Crippen molar-refractivity contribution in [2.45, 2.75) is 26.8 Å². The minimum atomic E-state index is -0.672. The van der Waals surface area contributed by atoms with Crippen LogP contribution in [0.15, 0.2) is 100 Å². The maximum absolute atomic E-state index is 13.0. The average Bonchev–Trinajstić information content (AvgIpc) is 3.36. The van der Waals surface area contributed by atoms with E-state index in [0.717, 1.165) is 34.7 Å². The van der Waals surface area contributed by atoms with Gasteiger partial charge in [-0.3, -0.25) is 4.79 Å². The molecule has 0 aliphatic carbocycles. The van der Waals surface area contributed by atoms with Crippen LogP contribution in [0.25, 0.3) is 27.9 Å². The summed E-state index contributed by atoms with van der Waals surface area (Å²) in [6.45, 7) is 5.19. The second-order valence-electron chi connectivity index (χ2n) is 9.51. The van der Waals surface area contributed by atoms with E-state index in [1.54, 1.807) is 28.9 Å². The minimum Gasteiger partial charge on any atom is -0.494 e. The molecule has 2 heterocycles. The summed E-state index contributed by atoms with van der Waals surface area (Å²) in [6.07, 6.45) is 2.88. The van der Waals surface area contributed by atoms with Crippen molar-refractivity contribution in [3.05, 3.63) is 113 Å². The predicted molar refractivity (Wildman–Crippen MR) is 148 cm³/mol. The highest BCUT2D eigenvalue weighted by Crippen LogP contribution is 2.26. The molecule has 7 nitrogen and oxygen atoms in total. The first-order valence-electron chi connectivity index (χ1n) is 12.7. The van der Waals surface area contributed by atoms with Crippen LogP contribution in [0.4, 0.5) is 0 Å². The van der Waals surface area contributed by atoms with Crippen molar-refractivity contribution in [1.82, 2.24) is 15.1 Å². The normalized spacial score (nSPS) is 11.1. The molecule has 5 aromatic rings. The number of fused-ring (bicyclic) bond motifs is 1. The fraction of sp³-hybridized carbons (Fsp3) is 0.194. The molecule has 1 N–H and O–H groups in total. The van der Waals surface area contributed by atoms with Crippen LogP contribution in [0.1, 0.15) is 36.2 Å². The predicted octanol–water partition coefficient (Wildman–Crippen LogP) is 6.00. The molecular formula is C31H29N3O4. The molecule has 0 saturated heterocycles. The quantitative estimate of drug-likeness (QED) is 0.247. The number of aromatic nitrogens is 2. The molecule has 38 heavy (non-hydrogen) atoms. The highest BCUT2D eigenvalue weighted by atomic mass is 16.5. The highest BCUT2D eigenvalue weighted by Gasteiger charge is 2.17. The Balaban J connectivity index is 1.40. The van der Waals surface area contributed by atoms with Gasteiger partial charge in [0.25, 0.3) is 5.91 Å². The fourth-order valence-electron chi connectivity index (χ4n) is 4.11. The van der Waals surface area contributed by atoms with Gasteiger partial charge in [-0.15, -0.1) is 0 Å². The van der Waals surface area contributed by atoms with E-state index in [4.69, 9.17) is 14.3 Å². The van der Waals surface area contributed by atoms with Crippen LogP contribution < -0.4 is 15.7 Å². The first-order valence-corrected chi connectivity index (χ1v) is 12.7. The van der Waals surface area contributed by atoms with E-state index in [9.17, 15) is 9.59 Å². The Kier molecular flexibility index (Phi) is 7.35. The van der Waals surface area contributed by atoms with Crippen molar-refractivity contribution < 1.29 is 13.9 Å². The van der Waals surface area contributed by atoms with Crippen molar-refractivity contribution in [3.63, 3.8) is 0 Å². The van der Waals surface area contributed by atoms with E-state index in [1.165, 1.54) is 0 Å². The monoisotopic (exact) mass is 507 g/mol. The number of rotatable bonds is 9. The number of amides is 1. The fourth-order valence-corrected chi connectivity index (χ4v) is 4.11. The molecule has 7 heteroatoms. The zero-order valence-electron chi connectivity index (χ0n) is 21.4. The molecule has 0 unspecified atom stereocenters. The third-order valence-electron chi connectivity index (χ3n) is 6.23. The number of ether oxygens (including phenoxy) is 1. The summed E-state index contributed by atoms with van der Waals surface area (Å²) >= 11 is 0. The van der Waals surface area contributed by atoms with Crippen LogP contribution >= 0.6 is 0 Å². The minimum absolute atomic E-state index is 0.0383. The molecule has 0 aliphatic heterocycles. The lowest BCUT2D eigenvalue weighted by atomic mass is 10.1. The van der Waals surface area contributed by atoms with Gasteiger partial charge in [-0.2, -0.15) is 5.10 Å². The lowest BCUT2D eigenvalue weighted by Gasteiger charge is -2.09. The first kappa shape index (κ1) is 25.0. The SMILES string of the molecule is CC(C)CCOc1ccc(-c2nn(-c3ccccc3)cc2CNC(=O)c2cc3ccccc3oc2=O)cc1. The maximum atomic E-state index is 13.0. The standard InChI is InChI=1S/C31H29N3O4/c1-21(2)16-17-37-26-14-12-22(13-15-26)29-24(20-34(33-29)25-9-4-3-5-10-25)19-32-30(35)27-18-23-8-6-7-11-28(23)38-31(27)36/h3-15,18,20-21H,16-17,19H2,1-2H3,(H,32,35). The van der Waals surface area contributed by atoms with E-state index < -0.39 is 11.5 Å². The molecule has 0 radical (unpaired) electrons. The summed E-state index contributed by atoms with van der Waals surface area (Å²) in [7, 11) is 0. The molecule has 0 atom stereocenters. The maximum Gasteiger partial charge on any atom is 0.349 e. The summed E-state index contributed by atoms with van der Waals surface area (Å²) in [4.78, 5) is 25.4. The van der Waals surface area contributed by atoms with Gasteiger partial charge in [-0.25, -0.2) is 9.48 Å². The molecule has 0 fully saturated rings. The third-order valence-corrected chi connectivity index (χ3v) is 6.23. The number of hydrogen-bond acceptors (Lipinski definition) is 5. The van der Waals surface area contributed by atoms with Crippen molar-refractivity contribution in [1.29, 1.82) is 0 Å². The Hall–Kier alpha value is -4.65. The molecule has 1 amide bonds. The van der Waals surface area contributed by atoms with Gasteiger partial charge in [-0.1, -0.05) is 50.2 Å². The number of nitrogens with zero attached hydrogens (tertiary/aromatic N) is 2. The molecule has 3 aromatic carbocycles. The molecule has 5 rings (SSSR count). The summed E-state index contributed by atoms with van der Waals surface area (Å²) in [6, 6.07) is 26.2. The number of carbonyl (C=O) groups is 1. The zero-order valence-corrected chi connectivity index (χ0v) is 21.4. The Morgan fingerprint density at radius 3 is 2.50 bits per heavy atom. The van der Waals surface area contributed by atoms with Gasteiger partial charge in [0.1, 0.15) is 16.9 Å². The van der Waals surface area contributed by atoms with Crippen molar-refractivity contribution in [2.75, 3.05) is 6.61 Å². The molecule has 192 valence electrons. The topological polar surface area (TPSA) is 86.4 Å². The lowest BCUT2D eigenvalue weighted by molar-refractivity contribution is 0.0947. The van der Waals surface area contributed by atoms with Crippen molar-refractivity contribution in [2.24, 2.45) is 5.92 Å². The van der Waals surface area contributed by atoms with Gasteiger partial charge >= 0.3 is 5.63 Å². The molecule has 0 bridgehead atoms. The molecule has 2 aromatic heterocycles. The second-order valence-corrected chi connectivity index (χ2v) is 9.51. The number of para-hydroxylation sites is 2. The van der Waals surface area contributed by atoms with Gasteiger partial charge in [0.2, 0.25) is 0 Å². The van der Waals surface area contributed by atoms with Gasteiger partial charge in [0.05, 0.1) is 18.0 Å². The summed E-state index contributed by atoms with van der Waals surface area (Å²) in [5.41, 5.74) is 3.06. The van der Waals surface area contributed by atoms with E-state index in [1.807, 2.05) is 66.9 Å². The molecular weight excluding hydrogens is 478 g/mol. The second kappa shape index (κ2) is 11.2. The van der Waals surface area contributed by atoms with Crippen LogP contribution in [0.5, 0.6) is 5.75 Å². The number of hydrogen-bond donors (Lipinski definition) is 1. The number of nitrogens with one attached hydrogen (secondary N) is 1. The Bertz CT molecular complexity index is 1600. The zero-order chi connectivity index (χ0) is 26.5. The van der Waals surface area contributed by atoms with Crippen molar-refractivity contribution >= 4 is 16.9 Å². The summed E-state index contributed by atoms with van der Waals surface area (Å²) < 4.78 is 13.0. The number of carbonyl (C=O) groups excluding carboxylic acids is 1. The Morgan fingerprint density at radius 1 is 1.00 bits per heavy atom. The van der Waals surface area contributed by atoms with Crippen LogP contribution in [-0.2, 0) is 6.54 Å². The molecule has 0 saturated carbocycles. The summed E-state index contributed by atoms with van der Waals surface area (Å²) in [5.74, 6) is 0.876. The van der Waals surface area contributed by atoms with E-state index in [-0.39, 0.29) is 12.1 Å². The largest absolute Gasteiger partial charge is 0.494 e. The lowest BCUT2D eigenvalue weighted by Crippen LogP contribution is -2.27. The van der Waals surface area contributed by atoms with Gasteiger partial charge < -0.3 is 14.5 Å². The summed E-state index contributed by atoms with van der Waals surface area (Å²) in [5, 5.41) is 8.37. The van der Waals surface area contributed by atoms with Crippen LogP contribution in [0.2, 0.25) is 0 Å². The first-order chi connectivity index (χ1) is 18.5. The van der Waals surface area contributed by atoms with Crippen LogP contribution in [0.3, 0.4) is 0 Å². The van der Waals surface area contributed by atoms with Crippen LogP contribution in [-0.4, -0.2) is 22.3 Å². The molecule has 0 aliphatic rings.